The fourth-order valence-corrected chi connectivity index (χ4v) is 2.54. The Bertz CT molecular complexity index is 826. The average Bonchev–Trinajstić information content (AvgIpc) is 3.15. The lowest BCUT2D eigenvalue weighted by atomic mass is 10.3. The Hall–Kier alpha value is -3.13. The van der Waals surface area contributed by atoms with Gasteiger partial charge >= 0.3 is 0 Å². The molecule has 0 fully saturated rings. The van der Waals surface area contributed by atoms with Crippen LogP contribution < -0.4 is 10.1 Å². The van der Waals surface area contributed by atoms with Crippen molar-refractivity contribution in [2.75, 3.05) is 25.1 Å². The number of aromatic nitrogens is 2. The van der Waals surface area contributed by atoms with Crippen molar-refractivity contribution in [2.45, 2.75) is 13.5 Å². The summed E-state index contributed by atoms with van der Waals surface area (Å²) >= 11 is 0. The Morgan fingerprint density at radius 3 is 2.58 bits per heavy atom. The normalized spacial score (nSPS) is 13.9. The number of aryl methyl sites for hydroxylation is 1. The number of nitrogens with one attached hydrogen (secondary N) is 1. The van der Waals surface area contributed by atoms with E-state index in [9.17, 15) is 9.59 Å². The Morgan fingerprint density at radius 1 is 1.15 bits per heavy atom. The van der Waals surface area contributed by atoms with Gasteiger partial charge in [0.2, 0.25) is 0 Å². The van der Waals surface area contributed by atoms with Crippen LogP contribution in [0.5, 0.6) is 5.75 Å². The lowest BCUT2D eigenvalue weighted by molar-refractivity contribution is -0.137. The molecule has 2 amide bonds. The third kappa shape index (κ3) is 4.09. The number of hydrogen-bond donors (Lipinski definition) is 2. The minimum atomic E-state index is -0.445. The van der Waals surface area contributed by atoms with Gasteiger partial charge in [0.1, 0.15) is 18.1 Å². The van der Waals surface area contributed by atoms with Crippen molar-refractivity contribution < 1.29 is 19.4 Å². The van der Waals surface area contributed by atoms with Crippen LogP contribution in [0.15, 0.2) is 48.3 Å². The molecule has 0 bridgehead atoms. The highest BCUT2D eigenvalue weighted by atomic mass is 16.5. The van der Waals surface area contributed by atoms with Gasteiger partial charge in [0, 0.05) is 18.0 Å². The van der Waals surface area contributed by atoms with E-state index in [4.69, 9.17) is 9.84 Å². The highest BCUT2D eigenvalue weighted by Crippen LogP contribution is 2.20. The van der Waals surface area contributed by atoms with Crippen LogP contribution in [0.2, 0.25) is 0 Å². The highest BCUT2D eigenvalue weighted by Gasteiger charge is 2.30. The number of hydrogen-bond acceptors (Lipinski definition) is 6. The Labute approximate surface area is 150 Å². The SMILES string of the molecule is Cc1ccn(CCOc2ccc(NC3=CC(=O)N(CCO)C3=O)cc2)n1. The van der Waals surface area contributed by atoms with E-state index in [-0.39, 0.29) is 18.8 Å². The van der Waals surface area contributed by atoms with Crippen molar-refractivity contribution in [1.82, 2.24) is 14.7 Å². The van der Waals surface area contributed by atoms with Crippen LogP contribution in [0.4, 0.5) is 5.69 Å². The fraction of sp³-hybridized carbons (Fsp3) is 0.278. The minimum Gasteiger partial charge on any atom is -0.492 e. The van der Waals surface area contributed by atoms with Crippen LogP contribution in [-0.4, -0.2) is 51.4 Å². The molecule has 2 heterocycles. The van der Waals surface area contributed by atoms with Gasteiger partial charge in [-0.2, -0.15) is 5.10 Å². The number of anilines is 1. The first kappa shape index (κ1) is 17.7. The molecule has 136 valence electrons. The average molecular weight is 356 g/mol. The molecule has 8 nitrogen and oxygen atoms in total. The summed E-state index contributed by atoms with van der Waals surface area (Å²) in [5.41, 5.74) is 1.82. The Kier molecular flexibility index (Phi) is 5.33. The molecule has 0 aliphatic carbocycles. The molecule has 1 aromatic heterocycles. The Balaban J connectivity index is 1.52. The summed E-state index contributed by atoms with van der Waals surface area (Å²) in [7, 11) is 0. The van der Waals surface area contributed by atoms with Gasteiger partial charge in [-0.25, -0.2) is 0 Å². The van der Waals surface area contributed by atoms with Gasteiger partial charge < -0.3 is 15.2 Å². The van der Waals surface area contributed by atoms with E-state index in [0.29, 0.717) is 24.6 Å². The van der Waals surface area contributed by atoms with Gasteiger partial charge in [-0.3, -0.25) is 19.2 Å². The fourth-order valence-electron chi connectivity index (χ4n) is 2.54. The highest BCUT2D eigenvalue weighted by molar-refractivity contribution is 6.17. The number of carbonyl (C=O) groups excluding carboxylic acids is 2. The van der Waals surface area contributed by atoms with Gasteiger partial charge in [0.05, 0.1) is 25.4 Å². The van der Waals surface area contributed by atoms with E-state index in [2.05, 4.69) is 10.4 Å². The smallest absolute Gasteiger partial charge is 0.277 e. The summed E-state index contributed by atoms with van der Waals surface area (Å²) in [4.78, 5) is 24.8. The van der Waals surface area contributed by atoms with Gasteiger partial charge in [0.25, 0.3) is 11.8 Å². The van der Waals surface area contributed by atoms with E-state index in [1.807, 2.05) is 23.9 Å². The number of amides is 2. The second-order valence-electron chi connectivity index (χ2n) is 5.79. The molecule has 0 saturated carbocycles. The van der Waals surface area contributed by atoms with Crippen LogP contribution in [0.25, 0.3) is 0 Å². The maximum absolute atomic E-state index is 12.1. The first-order chi connectivity index (χ1) is 12.6. The minimum absolute atomic E-state index is 0.0120. The van der Waals surface area contributed by atoms with Gasteiger partial charge in [0.15, 0.2) is 0 Å². The van der Waals surface area contributed by atoms with Gasteiger partial charge in [-0.1, -0.05) is 0 Å². The number of aliphatic hydroxyl groups is 1. The molecule has 1 aliphatic heterocycles. The number of benzene rings is 1. The number of β-amino-alcohol motifs (C(OH)–C–C–N with tert-alkyl or cyclic N) is 1. The molecule has 0 unspecified atom stereocenters. The van der Waals surface area contributed by atoms with Crippen molar-refractivity contribution in [1.29, 1.82) is 0 Å². The summed E-state index contributed by atoms with van der Waals surface area (Å²) in [5.74, 6) is -0.177. The van der Waals surface area contributed by atoms with Crippen molar-refractivity contribution in [3.63, 3.8) is 0 Å². The number of carbonyl (C=O) groups is 2. The van der Waals surface area contributed by atoms with Crippen LogP contribution >= 0.6 is 0 Å². The molecule has 0 saturated heterocycles. The molecule has 1 aromatic carbocycles. The molecule has 0 atom stereocenters. The summed E-state index contributed by atoms with van der Waals surface area (Å²) in [6.07, 6.45) is 3.13. The predicted octanol–water partition coefficient (Wildman–Crippen LogP) is 0.927. The molecule has 0 spiro atoms. The quantitative estimate of drug-likeness (QED) is 0.683. The first-order valence-corrected chi connectivity index (χ1v) is 8.25. The number of ether oxygens (including phenoxy) is 1. The van der Waals surface area contributed by atoms with E-state index in [1.54, 1.807) is 24.3 Å². The lowest BCUT2D eigenvalue weighted by Gasteiger charge is -2.13. The maximum Gasteiger partial charge on any atom is 0.277 e. The zero-order chi connectivity index (χ0) is 18.5. The largest absolute Gasteiger partial charge is 0.492 e. The van der Waals surface area contributed by atoms with Crippen molar-refractivity contribution in [3.05, 3.63) is 54.0 Å². The van der Waals surface area contributed by atoms with E-state index in [0.717, 1.165) is 10.6 Å². The monoisotopic (exact) mass is 356 g/mol. The molecule has 2 aromatic rings. The standard InChI is InChI=1S/C18H20N4O4/c1-13-6-7-21(20-13)9-11-26-15-4-2-14(3-5-15)19-16-12-17(24)22(8-10-23)18(16)25/h2-7,12,19,23H,8-11H2,1H3. The number of rotatable bonds is 8. The first-order valence-electron chi connectivity index (χ1n) is 8.25. The van der Waals surface area contributed by atoms with Crippen molar-refractivity contribution in [2.24, 2.45) is 0 Å². The third-order valence-corrected chi connectivity index (χ3v) is 3.83. The van der Waals surface area contributed by atoms with E-state index < -0.39 is 11.8 Å². The summed E-state index contributed by atoms with van der Waals surface area (Å²) in [5, 5.41) is 16.1. The topological polar surface area (TPSA) is 96.7 Å². The van der Waals surface area contributed by atoms with Crippen LogP contribution in [0.3, 0.4) is 0 Å². The molecule has 1 aliphatic rings. The lowest BCUT2D eigenvalue weighted by Crippen LogP contribution is -2.34. The number of nitrogens with zero attached hydrogens (tertiary/aromatic N) is 3. The molecule has 8 heteroatoms. The van der Waals surface area contributed by atoms with Crippen LogP contribution in [0.1, 0.15) is 5.69 Å². The second-order valence-corrected chi connectivity index (χ2v) is 5.79. The second kappa shape index (κ2) is 7.83. The molecule has 26 heavy (non-hydrogen) atoms. The maximum atomic E-state index is 12.1. The van der Waals surface area contributed by atoms with Crippen molar-refractivity contribution in [3.8, 4) is 5.75 Å². The van der Waals surface area contributed by atoms with Gasteiger partial charge in [-0.15, -0.1) is 0 Å². The van der Waals surface area contributed by atoms with Gasteiger partial charge in [-0.05, 0) is 37.3 Å². The zero-order valence-corrected chi connectivity index (χ0v) is 14.4. The Morgan fingerprint density at radius 2 is 1.92 bits per heavy atom. The molecule has 3 rings (SSSR count). The van der Waals surface area contributed by atoms with Crippen LogP contribution in [-0.2, 0) is 16.1 Å². The van der Waals surface area contributed by atoms with E-state index in [1.165, 1.54) is 6.08 Å². The summed E-state index contributed by atoms with van der Waals surface area (Å²) in [6, 6.07) is 9.03. The van der Waals surface area contributed by atoms with Crippen LogP contribution in [0, 0.1) is 6.92 Å². The molecular weight excluding hydrogens is 336 g/mol. The molecule has 2 N–H and O–H groups in total. The summed E-state index contributed by atoms with van der Waals surface area (Å²) < 4.78 is 7.49. The molecular formula is C18H20N4O4. The van der Waals surface area contributed by atoms with E-state index >= 15 is 0 Å². The molecule has 0 radical (unpaired) electrons. The third-order valence-electron chi connectivity index (χ3n) is 3.83. The van der Waals surface area contributed by atoms with Crippen molar-refractivity contribution >= 4 is 17.5 Å². The number of aliphatic hydroxyl groups excluding tert-OH is 1. The summed E-state index contributed by atoms with van der Waals surface area (Å²) in [6.45, 7) is 2.80. The zero-order valence-electron chi connectivity index (χ0n) is 14.4. The predicted molar refractivity (Wildman–Crippen MR) is 94.4 cm³/mol. The number of imide groups is 1.